The summed E-state index contributed by atoms with van der Waals surface area (Å²) in [6.07, 6.45) is 2.46. The van der Waals surface area contributed by atoms with E-state index in [2.05, 4.69) is 4.98 Å². The van der Waals surface area contributed by atoms with Crippen molar-refractivity contribution in [3.05, 3.63) is 119 Å². The summed E-state index contributed by atoms with van der Waals surface area (Å²) in [7, 11) is 0. The molecular formula is C27H21FN2O3. The Bertz CT molecular complexity index is 1310. The van der Waals surface area contributed by atoms with E-state index < -0.39 is 11.8 Å². The maximum Gasteiger partial charge on any atom is 0.343 e. The molecule has 1 heterocycles. The highest BCUT2D eigenvalue weighted by Gasteiger charge is 2.15. The molecule has 1 aromatic heterocycles. The molecule has 2 N–H and O–H groups in total. The molecule has 5 nitrogen and oxygen atoms in total. The van der Waals surface area contributed by atoms with Crippen LogP contribution in [-0.4, -0.2) is 16.7 Å². The lowest BCUT2D eigenvalue weighted by atomic mass is 9.93. The van der Waals surface area contributed by atoms with Crippen molar-refractivity contribution >= 4 is 11.8 Å². The molecule has 0 aliphatic heterocycles. The highest BCUT2D eigenvalue weighted by Crippen LogP contribution is 2.27. The van der Waals surface area contributed by atoms with Crippen LogP contribution in [0.4, 0.5) is 4.39 Å². The van der Waals surface area contributed by atoms with Crippen LogP contribution in [0.25, 0.3) is 11.1 Å². The fourth-order valence-corrected chi connectivity index (χ4v) is 3.49. The van der Waals surface area contributed by atoms with E-state index >= 15 is 0 Å². The molecule has 3 aromatic carbocycles. The van der Waals surface area contributed by atoms with E-state index in [4.69, 9.17) is 10.5 Å². The molecule has 0 saturated heterocycles. The molecule has 0 spiro atoms. The molecule has 0 atom stereocenters. The monoisotopic (exact) mass is 440 g/mol. The standard InChI is InChI=1S/C27H21FN2O3/c28-25-17-30-12-11-19(25)15-26(31)20-9-10-22(16-29)24(14-20)18-5-4-6-21(13-18)27(32)33-23-7-2-1-3-8-23/h1-14,17H,15-16,29H2. The number of carbonyl (C=O) groups is 2. The lowest BCUT2D eigenvalue weighted by Crippen LogP contribution is -2.09. The molecule has 0 radical (unpaired) electrons. The molecular weight excluding hydrogens is 419 g/mol. The van der Waals surface area contributed by atoms with Crippen LogP contribution in [0.15, 0.2) is 91.3 Å². The Morgan fingerprint density at radius 2 is 1.70 bits per heavy atom. The number of pyridine rings is 1. The van der Waals surface area contributed by atoms with Gasteiger partial charge in [0.15, 0.2) is 5.78 Å². The van der Waals surface area contributed by atoms with Crippen molar-refractivity contribution in [1.29, 1.82) is 0 Å². The van der Waals surface area contributed by atoms with Crippen molar-refractivity contribution in [2.45, 2.75) is 13.0 Å². The molecule has 4 aromatic rings. The zero-order valence-corrected chi connectivity index (χ0v) is 17.7. The second-order valence-corrected chi connectivity index (χ2v) is 7.43. The first-order valence-corrected chi connectivity index (χ1v) is 10.4. The fourth-order valence-electron chi connectivity index (χ4n) is 3.49. The zero-order chi connectivity index (χ0) is 23.2. The molecule has 0 saturated carbocycles. The number of halogens is 1. The van der Waals surface area contributed by atoms with Crippen LogP contribution in [0.5, 0.6) is 5.75 Å². The number of esters is 1. The van der Waals surface area contributed by atoms with Crippen molar-refractivity contribution in [2.24, 2.45) is 5.73 Å². The van der Waals surface area contributed by atoms with E-state index in [1.807, 2.05) is 12.1 Å². The van der Waals surface area contributed by atoms with Gasteiger partial charge in [-0.15, -0.1) is 0 Å². The third-order valence-corrected chi connectivity index (χ3v) is 5.22. The number of aromatic nitrogens is 1. The molecule has 0 aliphatic rings. The van der Waals surface area contributed by atoms with Gasteiger partial charge in [-0.05, 0) is 58.7 Å². The Balaban J connectivity index is 1.63. The second-order valence-electron chi connectivity index (χ2n) is 7.43. The van der Waals surface area contributed by atoms with Crippen molar-refractivity contribution < 1.29 is 18.7 Å². The summed E-state index contributed by atoms with van der Waals surface area (Å²) in [6, 6.07) is 22.4. The number of para-hydroxylation sites is 1. The summed E-state index contributed by atoms with van der Waals surface area (Å²) in [6.45, 7) is 0.251. The van der Waals surface area contributed by atoms with Gasteiger partial charge in [-0.1, -0.05) is 42.5 Å². The van der Waals surface area contributed by atoms with Crippen molar-refractivity contribution in [3.63, 3.8) is 0 Å². The van der Waals surface area contributed by atoms with Gasteiger partial charge >= 0.3 is 5.97 Å². The third kappa shape index (κ3) is 5.19. The van der Waals surface area contributed by atoms with Crippen LogP contribution in [0, 0.1) is 5.82 Å². The van der Waals surface area contributed by atoms with E-state index in [1.54, 1.807) is 60.7 Å². The van der Waals surface area contributed by atoms with Crippen molar-refractivity contribution in [1.82, 2.24) is 4.98 Å². The van der Waals surface area contributed by atoms with Crippen LogP contribution in [-0.2, 0) is 13.0 Å². The number of hydrogen-bond donors (Lipinski definition) is 1. The number of ether oxygens (including phenoxy) is 1. The summed E-state index contributed by atoms with van der Waals surface area (Å²) < 4.78 is 19.4. The molecule has 6 heteroatoms. The first-order valence-electron chi connectivity index (χ1n) is 10.4. The number of Topliss-reactive ketones (excluding diaryl/α,β-unsaturated/α-hetero) is 1. The van der Waals surface area contributed by atoms with Crippen molar-refractivity contribution in [3.8, 4) is 16.9 Å². The molecule has 0 fully saturated rings. The van der Waals surface area contributed by atoms with E-state index in [1.165, 1.54) is 12.3 Å². The minimum Gasteiger partial charge on any atom is -0.423 e. The number of nitrogens with two attached hydrogens (primary N) is 1. The van der Waals surface area contributed by atoms with Crippen LogP contribution in [0.1, 0.15) is 31.8 Å². The average Bonchev–Trinajstić information content (AvgIpc) is 2.85. The van der Waals surface area contributed by atoms with Gasteiger partial charge in [0, 0.05) is 24.7 Å². The number of carbonyl (C=O) groups excluding carboxylic acids is 2. The summed E-state index contributed by atoms with van der Waals surface area (Å²) in [5, 5.41) is 0. The van der Waals surface area contributed by atoms with Gasteiger partial charge in [-0.2, -0.15) is 0 Å². The SMILES string of the molecule is NCc1ccc(C(=O)Cc2ccncc2F)cc1-c1cccc(C(=O)Oc2ccccc2)c1. The smallest absolute Gasteiger partial charge is 0.343 e. The first-order chi connectivity index (χ1) is 16.0. The predicted octanol–water partition coefficient (Wildman–Crippen LogP) is 4.99. The topological polar surface area (TPSA) is 82.3 Å². The Morgan fingerprint density at radius 3 is 2.45 bits per heavy atom. The average molecular weight is 440 g/mol. The van der Waals surface area contributed by atoms with Crippen molar-refractivity contribution in [2.75, 3.05) is 0 Å². The molecule has 33 heavy (non-hydrogen) atoms. The van der Waals surface area contributed by atoms with Gasteiger partial charge in [0.05, 0.1) is 11.8 Å². The van der Waals surface area contributed by atoms with E-state index in [0.29, 0.717) is 16.9 Å². The van der Waals surface area contributed by atoms with Gasteiger partial charge in [0.2, 0.25) is 0 Å². The molecule has 4 rings (SSSR count). The zero-order valence-electron chi connectivity index (χ0n) is 17.7. The second kappa shape index (κ2) is 9.97. The van der Waals surface area contributed by atoms with E-state index in [9.17, 15) is 14.0 Å². The molecule has 0 aliphatic carbocycles. The number of nitrogens with zero attached hydrogens (tertiary/aromatic N) is 1. The highest BCUT2D eigenvalue weighted by molar-refractivity contribution is 5.99. The summed E-state index contributed by atoms with van der Waals surface area (Å²) >= 11 is 0. The van der Waals surface area contributed by atoms with E-state index in [0.717, 1.165) is 22.9 Å². The summed E-state index contributed by atoms with van der Waals surface area (Å²) in [5.74, 6) is -0.789. The van der Waals surface area contributed by atoms with Gasteiger partial charge in [0.25, 0.3) is 0 Å². The van der Waals surface area contributed by atoms with Crippen LogP contribution < -0.4 is 10.5 Å². The maximum atomic E-state index is 13.9. The molecule has 164 valence electrons. The maximum absolute atomic E-state index is 13.9. The van der Waals surface area contributed by atoms with Gasteiger partial charge in [-0.3, -0.25) is 9.78 Å². The van der Waals surface area contributed by atoms with Crippen LogP contribution in [0.2, 0.25) is 0 Å². The number of rotatable bonds is 7. The van der Waals surface area contributed by atoms with E-state index in [-0.39, 0.29) is 24.3 Å². The molecule has 0 amide bonds. The lowest BCUT2D eigenvalue weighted by molar-refractivity contribution is 0.0734. The minimum absolute atomic E-state index is 0.0841. The lowest BCUT2D eigenvalue weighted by Gasteiger charge is -2.12. The normalized spacial score (nSPS) is 10.6. The Hall–Kier alpha value is -4.16. The number of benzene rings is 3. The predicted molar refractivity (Wildman–Crippen MR) is 123 cm³/mol. The Kier molecular flexibility index (Phi) is 6.66. The van der Waals surface area contributed by atoms with Crippen LogP contribution >= 0.6 is 0 Å². The number of ketones is 1. The molecule has 0 unspecified atom stereocenters. The van der Waals surface area contributed by atoms with Gasteiger partial charge < -0.3 is 10.5 Å². The summed E-state index contributed by atoms with van der Waals surface area (Å²) in [4.78, 5) is 29.2. The Morgan fingerprint density at radius 1 is 0.879 bits per heavy atom. The molecule has 0 bridgehead atoms. The Labute approximate surface area is 190 Å². The number of hydrogen-bond acceptors (Lipinski definition) is 5. The fraction of sp³-hybridized carbons (Fsp3) is 0.0741. The minimum atomic E-state index is -0.519. The first kappa shape index (κ1) is 22.0. The largest absolute Gasteiger partial charge is 0.423 e. The van der Waals surface area contributed by atoms with Crippen LogP contribution in [0.3, 0.4) is 0 Å². The third-order valence-electron chi connectivity index (χ3n) is 5.22. The van der Waals surface area contributed by atoms with Gasteiger partial charge in [-0.25, -0.2) is 9.18 Å². The quantitative estimate of drug-likeness (QED) is 0.249. The highest BCUT2D eigenvalue weighted by atomic mass is 19.1. The van der Waals surface area contributed by atoms with Gasteiger partial charge in [0.1, 0.15) is 11.6 Å². The summed E-state index contributed by atoms with van der Waals surface area (Å²) in [5.41, 5.74) is 9.27.